The van der Waals surface area contributed by atoms with Crippen molar-refractivity contribution in [3.63, 3.8) is 0 Å². The molecule has 9 nitrogen and oxygen atoms in total. The van der Waals surface area contributed by atoms with Gasteiger partial charge in [0.05, 0.1) is 23.3 Å². The highest BCUT2D eigenvalue weighted by atomic mass is 17.3. The average Bonchev–Trinajstić information content (AvgIpc) is 2.83. The Morgan fingerprint density at radius 2 is 1.40 bits per heavy atom. The maximum Gasteiger partial charge on any atom is 0.345 e. The van der Waals surface area contributed by atoms with E-state index in [0.29, 0.717) is 13.0 Å². The summed E-state index contributed by atoms with van der Waals surface area (Å²) in [6, 6.07) is 0. The van der Waals surface area contributed by atoms with Crippen LogP contribution in [0.2, 0.25) is 0 Å². The van der Waals surface area contributed by atoms with E-state index < -0.39 is 11.2 Å². The molecule has 1 atom stereocenters. The van der Waals surface area contributed by atoms with E-state index in [1.165, 1.54) is 12.8 Å². The van der Waals surface area contributed by atoms with Crippen molar-refractivity contribution in [1.82, 2.24) is 0 Å². The van der Waals surface area contributed by atoms with Gasteiger partial charge >= 0.3 is 11.9 Å². The molecule has 0 fully saturated rings. The van der Waals surface area contributed by atoms with Crippen molar-refractivity contribution in [1.29, 1.82) is 0 Å². The first-order valence-electron chi connectivity index (χ1n) is 15.4. The second-order valence-corrected chi connectivity index (χ2v) is 12.9. The fourth-order valence-electron chi connectivity index (χ4n) is 3.38. The molecule has 0 heterocycles. The van der Waals surface area contributed by atoms with Gasteiger partial charge < -0.3 is 4.74 Å². The van der Waals surface area contributed by atoms with Crippen LogP contribution < -0.4 is 0 Å². The summed E-state index contributed by atoms with van der Waals surface area (Å²) in [5.41, 5.74) is -1.14. The Hall–Kier alpha value is -1.74. The lowest BCUT2D eigenvalue weighted by Crippen LogP contribution is -2.24. The maximum atomic E-state index is 11.6. The molecule has 0 aliphatic carbocycles. The van der Waals surface area contributed by atoms with Crippen LogP contribution in [0.4, 0.5) is 0 Å². The van der Waals surface area contributed by atoms with Crippen LogP contribution in [0.3, 0.4) is 0 Å². The highest BCUT2D eigenvalue weighted by Gasteiger charge is 2.21. The average molecular weight is 575 g/mol. The van der Waals surface area contributed by atoms with Crippen LogP contribution in [-0.2, 0) is 34.0 Å². The molecule has 0 aromatic heterocycles. The standard InChI is InChI=1S/C17H34N2O4.C14H28O3/c1-15(2,3)18-19-23-22-17(7,8)13-11-9-10-12-14(20)21-16(4,5)6;1-4-7-9-10-12-16-17-14(15)13(6-3)11-8-5-2/h9-13H2,1-8H3;13H,4-12H2,1-3H3. The third-order valence-electron chi connectivity index (χ3n) is 5.67. The van der Waals surface area contributed by atoms with Gasteiger partial charge in [0.15, 0.2) is 0 Å². The molecule has 0 amide bonds. The molecule has 0 saturated heterocycles. The number of hydrogen-bond donors (Lipinski definition) is 0. The number of carbonyl (C=O) groups is 2. The molecular weight excluding hydrogens is 512 g/mol. The molecule has 0 bridgehead atoms. The van der Waals surface area contributed by atoms with Crippen LogP contribution in [0.5, 0.6) is 0 Å². The SMILES string of the molecule is CC(C)(C)N=NOOC(C)(C)CCCCCC(=O)OC(C)(C)C.CCCCCCOOC(=O)C(CC)CCCC. The molecule has 0 aromatic rings. The fraction of sp³-hybridized carbons (Fsp3) is 0.935. The van der Waals surface area contributed by atoms with Crippen molar-refractivity contribution in [2.24, 2.45) is 16.3 Å². The third-order valence-corrected chi connectivity index (χ3v) is 5.67. The largest absolute Gasteiger partial charge is 0.460 e. The van der Waals surface area contributed by atoms with Crippen molar-refractivity contribution in [3.05, 3.63) is 0 Å². The summed E-state index contributed by atoms with van der Waals surface area (Å²) < 4.78 is 5.27. The highest BCUT2D eigenvalue weighted by molar-refractivity contribution is 5.71. The number of rotatable bonds is 20. The number of unbranched alkanes of at least 4 members (excludes halogenated alkanes) is 6. The minimum absolute atomic E-state index is 0.00518. The van der Waals surface area contributed by atoms with Gasteiger partial charge in [0, 0.05) is 6.42 Å². The van der Waals surface area contributed by atoms with Crippen molar-refractivity contribution < 1.29 is 34.0 Å². The Labute approximate surface area is 245 Å². The first-order chi connectivity index (χ1) is 18.6. The summed E-state index contributed by atoms with van der Waals surface area (Å²) in [6.07, 6.45) is 12.4. The normalized spacial score (nSPS) is 13.0. The van der Waals surface area contributed by atoms with E-state index in [1.54, 1.807) is 0 Å². The molecule has 0 rings (SSSR count). The highest BCUT2D eigenvalue weighted by Crippen LogP contribution is 2.20. The van der Waals surface area contributed by atoms with Gasteiger partial charge in [0.2, 0.25) is 0 Å². The topological polar surface area (TPSA) is 105 Å². The molecule has 0 aromatic carbocycles. The van der Waals surface area contributed by atoms with Crippen molar-refractivity contribution >= 4 is 11.9 Å². The lowest BCUT2D eigenvalue weighted by molar-refractivity contribution is -0.362. The van der Waals surface area contributed by atoms with E-state index in [-0.39, 0.29) is 23.4 Å². The van der Waals surface area contributed by atoms with Crippen LogP contribution in [0.25, 0.3) is 0 Å². The van der Waals surface area contributed by atoms with E-state index in [2.05, 4.69) is 24.2 Å². The Morgan fingerprint density at radius 1 is 0.775 bits per heavy atom. The summed E-state index contributed by atoms with van der Waals surface area (Å²) in [6.45, 7) is 22.1. The number of nitrogens with zero attached hydrogens (tertiary/aromatic N) is 2. The summed E-state index contributed by atoms with van der Waals surface area (Å²) in [5, 5.41) is 7.52. The van der Waals surface area contributed by atoms with E-state index in [4.69, 9.17) is 24.4 Å². The molecule has 0 saturated carbocycles. The minimum Gasteiger partial charge on any atom is -0.460 e. The molecule has 1 unspecified atom stereocenters. The number of esters is 1. The Balaban J connectivity index is 0. The molecule has 0 aliphatic heterocycles. The van der Waals surface area contributed by atoms with E-state index >= 15 is 0 Å². The van der Waals surface area contributed by atoms with E-state index in [0.717, 1.165) is 64.2 Å². The van der Waals surface area contributed by atoms with Gasteiger partial charge in [0.1, 0.15) is 11.2 Å². The summed E-state index contributed by atoms with van der Waals surface area (Å²) in [5.74, 6) is -0.332. The lowest BCUT2D eigenvalue weighted by Gasteiger charge is -2.21. The second-order valence-electron chi connectivity index (χ2n) is 12.9. The molecule has 238 valence electrons. The molecule has 0 N–H and O–H groups in total. The van der Waals surface area contributed by atoms with E-state index in [1.807, 2.05) is 62.3 Å². The smallest absolute Gasteiger partial charge is 0.345 e. The van der Waals surface area contributed by atoms with Crippen molar-refractivity contribution in [3.8, 4) is 0 Å². The van der Waals surface area contributed by atoms with Gasteiger partial charge in [-0.2, -0.15) is 14.8 Å². The Kier molecular flexibility index (Phi) is 23.1. The van der Waals surface area contributed by atoms with Gasteiger partial charge in [-0.3, -0.25) is 9.68 Å². The van der Waals surface area contributed by atoms with Crippen molar-refractivity contribution in [2.45, 2.75) is 176 Å². The van der Waals surface area contributed by atoms with Crippen LogP contribution in [0.15, 0.2) is 10.4 Å². The Bertz CT molecular complexity index is 668. The fourth-order valence-corrected chi connectivity index (χ4v) is 3.38. The molecule has 0 aliphatic rings. The van der Waals surface area contributed by atoms with Crippen LogP contribution in [0, 0.1) is 5.92 Å². The quantitative estimate of drug-likeness (QED) is 0.0469. The Morgan fingerprint density at radius 3 is 1.95 bits per heavy atom. The monoisotopic (exact) mass is 574 g/mol. The molecule has 40 heavy (non-hydrogen) atoms. The maximum absolute atomic E-state index is 11.6. The second kappa shape index (κ2) is 22.9. The number of ether oxygens (including phenoxy) is 1. The zero-order valence-corrected chi connectivity index (χ0v) is 27.7. The van der Waals surface area contributed by atoms with Gasteiger partial charge in [-0.1, -0.05) is 65.7 Å². The van der Waals surface area contributed by atoms with Gasteiger partial charge in [-0.25, -0.2) is 4.79 Å². The summed E-state index contributed by atoms with van der Waals surface area (Å²) in [4.78, 5) is 43.1. The predicted octanol–water partition coefficient (Wildman–Crippen LogP) is 9.43. The predicted molar refractivity (Wildman–Crippen MR) is 159 cm³/mol. The lowest BCUT2D eigenvalue weighted by atomic mass is 10.00. The number of hydrogen-bond acceptors (Lipinski definition) is 9. The minimum atomic E-state index is -0.442. The third kappa shape index (κ3) is 29.2. The van der Waals surface area contributed by atoms with Gasteiger partial charge in [-0.05, 0) is 87.5 Å². The zero-order valence-electron chi connectivity index (χ0n) is 27.7. The van der Waals surface area contributed by atoms with Gasteiger partial charge in [-0.15, -0.1) is 5.11 Å². The molecule has 9 heteroatoms. The van der Waals surface area contributed by atoms with Crippen molar-refractivity contribution in [2.75, 3.05) is 6.61 Å². The van der Waals surface area contributed by atoms with E-state index in [9.17, 15) is 9.59 Å². The first-order valence-corrected chi connectivity index (χ1v) is 15.4. The van der Waals surface area contributed by atoms with Crippen LogP contribution >= 0.6 is 0 Å². The van der Waals surface area contributed by atoms with Crippen LogP contribution in [-0.4, -0.2) is 35.3 Å². The summed E-state index contributed by atoms with van der Waals surface area (Å²) in [7, 11) is 0. The number of carbonyl (C=O) groups excluding carboxylic acids is 2. The molecule has 0 radical (unpaired) electrons. The zero-order chi connectivity index (χ0) is 31.1. The van der Waals surface area contributed by atoms with Gasteiger partial charge in [0.25, 0.3) is 0 Å². The summed E-state index contributed by atoms with van der Waals surface area (Å²) >= 11 is 0. The molecular formula is C31H62N2O7. The molecule has 0 spiro atoms. The van der Waals surface area contributed by atoms with Crippen LogP contribution in [0.1, 0.15) is 160 Å². The first kappa shape index (κ1) is 40.4.